The van der Waals surface area contributed by atoms with Crippen LogP contribution in [0.4, 0.5) is 13.9 Å². The Morgan fingerprint density at radius 2 is 2.04 bits per heavy atom. The monoisotopic (exact) mass is 371 g/mol. The first-order valence-electron chi connectivity index (χ1n) is 7.51. The number of hydrogen-bond donors (Lipinski definition) is 2. The Morgan fingerprint density at radius 1 is 1.32 bits per heavy atom. The fraction of sp³-hybridized carbons (Fsp3) is 0.375. The third kappa shape index (κ3) is 6.04. The number of ether oxygens (including phenoxy) is 2. The van der Waals surface area contributed by atoms with E-state index in [2.05, 4.69) is 20.4 Å². The van der Waals surface area contributed by atoms with Crippen LogP contribution in [0.25, 0.3) is 11.3 Å². The summed E-state index contributed by atoms with van der Waals surface area (Å²) >= 11 is 1.35. The number of carbonyl (C=O) groups excluding carboxylic acids is 1. The van der Waals surface area contributed by atoms with Crippen molar-refractivity contribution in [2.75, 3.05) is 32.1 Å². The van der Waals surface area contributed by atoms with E-state index < -0.39 is 6.61 Å². The van der Waals surface area contributed by atoms with E-state index >= 15 is 0 Å². The highest BCUT2D eigenvalue weighted by atomic mass is 32.1. The fourth-order valence-electron chi connectivity index (χ4n) is 2.05. The van der Waals surface area contributed by atoms with Gasteiger partial charge < -0.3 is 20.1 Å². The molecule has 0 radical (unpaired) electrons. The molecule has 1 aromatic carbocycles. The van der Waals surface area contributed by atoms with E-state index in [0.29, 0.717) is 24.0 Å². The minimum absolute atomic E-state index is 0.0855. The minimum Gasteiger partial charge on any atom is -0.435 e. The van der Waals surface area contributed by atoms with Crippen molar-refractivity contribution in [3.63, 3.8) is 0 Å². The number of methoxy groups -OCH3 is 1. The second kappa shape index (κ2) is 9.40. The van der Waals surface area contributed by atoms with Crippen LogP contribution in [-0.4, -0.2) is 44.3 Å². The van der Waals surface area contributed by atoms with Gasteiger partial charge in [-0.15, -0.1) is 11.3 Å². The third-order valence-corrected chi connectivity index (χ3v) is 4.05. The molecule has 25 heavy (non-hydrogen) atoms. The number of aromatic nitrogens is 1. The molecule has 2 aromatic rings. The Kier molecular flexibility index (Phi) is 7.23. The van der Waals surface area contributed by atoms with Gasteiger partial charge in [0.2, 0.25) is 5.91 Å². The largest absolute Gasteiger partial charge is 0.435 e. The molecule has 0 atom stereocenters. The number of aryl methyl sites for hydroxylation is 1. The number of rotatable bonds is 9. The number of halogens is 2. The van der Waals surface area contributed by atoms with E-state index in [0.717, 1.165) is 10.4 Å². The standard InChI is InChI=1S/C16H19F2N3O3S/c1-10-14(11-3-5-12(6-4-11)24-15(17)18)21-16(25-10)20-13(22)9-19-7-8-23-2/h3-6,15,19H,7-9H2,1-2H3,(H,20,21,22). The third-order valence-electron chi connectivity index (χ3n) is 3.16. The van der Waals surface area contributed by atoms with Gasteiger partial charge in [-0.05, 0) is 31.2 Å². The van der Waals surface area contributed by atoms with Crippen molar-refractivity contribution >= 4 is 22.4 Å². The molecular weight excluding hydrogens is 352 g/mol. The molecule has 0 saturated heterocycles. The molecular formula is C16H19F2N3O3S. The van der Waals surface area contributed by atoms with Crippen LogP contribution in [0.3, 0.4) is 0 Å². The summed E-state index contributed by atoms with van der Waals surface area (Å²) in [5.74, 6) is -0.112. The first-order chi connectivity index (χ1) is 12.0. The number of amides is 1. The number of alkyl halides is 2. The second-order valence-electron chi connectivity index (χ2n) is 5.04. The first kappa shape index (κ1) is 19.2. The summed E-state index contributed by atoms with van der Waals surface area (Å²) in [5, 5.41) is 6.16. The summed E-state index contributed by atoms with van der Waals surface area (Å²) < 4.78 is 33.6. The van der Waals surface area contributed by atoms with Gasteiger partial charge in [-0.2, -0.15) is 8.78 Å². The van der Waals surface area contributed by atoms with Gasteiger partial charge in [-0.1, -0.05) is 0 Å². The zero-order chi connectivity index (χ0) is 18.2. The lowest BCUT2D eigenvalue weighted by atomic mass is 10.1. The minimum atomic E-state index is -2.86. The molecule has 2 N–H and O–H groups in total. The number of thiazole rings is 1. The van der Waals surface area contributed by atoms with Gasteiger partial charge in [0.1, 0.15) is 5.75 Å². The van der Waals surface area contributed by atoms with Gasteiger partial charge in [-0.3, -0.25) is 4.79 Å². The maximum atomic E-state index is 12.2. The summed E-state index contributed by atoms with van der Waals surface area (Å²) in [7, 11) is 1.59. The molecule has 0 spiro atoms. The van der Waals surface area contributed by atoms with Crippen LogP contribution in [0.15, 0.2) is 24.3 Å². The van der Waals surface area contributed by atoms with Crippen molar-refractivity contribution in [2.24, 2.45) is 0 Å². The molecule has 1 aromatic heterocycles. The van der Waals surface area contributed by atoms with E-state index in [1.54, 1.807) is 19.2 Å². The molecule has 2 rings (SSSR count). The van der Waals surface area contributed by atoms with Gasteiger partial charge in [0.05, 0.1) is 18.8 Å². The molecule has 0 aliphatic heterocycles. The van der Waals surface area contributed by atoms with Gasteiger partial charge in [0.15, 0.2) is 5.13 Å². The number of hydrogen-bond acceptors (Lipinski definition) is 6. The molecule has 0 fully saturated rings. The molecule has 0 unspecified atom stereocenters. The average molecular weight is 371 g/mol. The van der Waals surface area contributed by atoms with Crippen LogP contribution < -0.4 is 15.4 Å². The Morgan fingerprint density at radius 3 is 2.68 bits per heavy atom. The van der Waals surface area contributed by atoms with Crippen LogP contribution in [0.5, 0.6) is 5.75 Å². The molecule has 0 aliphatic rings. The molecule has 9 heteroatoms. The van der Waals surface area contributed by atoms with Crippen LogP contribution in [0.1, 0.15) is 4.88 Å². The zero-order valence-corrected chi connectivity index (χ0v) is 14.7. The summed E-state index contributed by atoms with van der Waals surface area (Å²) in [5.41, 5.74) is 1.45. The van der Waals surface area contributed by atoms with Crippen molar-refractivity contribution in [1.82, 2.24) is 10.3 Å². The number of nitrogens with one attached hydrogen (secondary N) is 2. The number of anilines is 1. The molecule has 1 heterocycles. The SMILES string of the molecule is COCCNCC(=O)Nc1nc(-c2ccc(OC(F)F)cc2)c(C)s1. The average Bonchev–Trinajstić information content (AvgIpc) is 2.92. The van der Waals surface area contributed by atoms with Crippen molar-refractivity contribution in [3.8, 4) is 17.0 Å². The molecule has 0 aliphatic carbocycles. The lowest BCUT2D eigenvalue weighted by Gasteiger charge is -2.05. The first-order valence-corrected chi connectivity index (χ1v) is 8.33. The summed E-state index contributed by atoms with van der Waals surface area (Å²) in [6.07, 6.45) is 0. The van der Waals surface area contributed by atoms with Crippen molar-refractivity contribution in [2.45, 2.75) is 13.5 Å². The zero-order valence-electron chi connectivity index (χ0n) is 13.8. The lowest BCUT2D eigenvalue weighted by molar-refractivity contribution is -0.115. The van der Waals surface area contributed by atoms with Crippen LogP contribution in [-0.2, 0) is 9.53 Å². The van der Waals surface area contributed by atoms with E-state index in [1.807, 2.05) is 6.92 Å². The highest BCUT2D eigenvalue weighted by Crippen LogP contribution is 2.31. The maximum Gasteiger partial charge on any atom is 0.387 e. The normalized spacial score (nSPS) is 10.9. The number of carbonyl (C=O) groups is 1. The Hall–Kier alpha value is -2.10. The Balaban J connectivity index is 1.98. The van der Waals surface area contributed by atoms with Crippen molar-refractivity contribution in [1.29, 1.82) is 0 Å². The van der Waals surface area contributed by atoms with Crippen LogP contribution in [0, 0.1) is 6.92 Å². The smallest absolute Gasteiger partial charge is 0.387 e. The summed E-state index contributed by atoms with van der Waals surface area (Å²) in [6, 6.07) is 6.21. The van der Waals surface area contributed by atoms with Crippen molar-refractivity contribution < 1.29 is 23.0 Å². The quantitative estimate of drug-likeness (QED) is 0.663. The summed E-state index contributed by atoms with van der Waals surface area (Å²) in [6.45, 7) is 0.296. The van der Waals surface area contributed by atoms with Crippen molar-refractivity contribution in [3.05, 3.63) is 29.1 Å². The van der Waals surface area contributed by atoms with E-state index in [-0.39, 0.29) is 18.2 Å². The second-order valence-corrected chi connectivity index (χ2v) is 6.25. The predicted octanol–water partition coefficient (Wildman–Crippen LogP) is 2.89. The van der Waals surface area contributed by atoms with Crippen LogP contribution in [0.2, 0.25) is 0 Å². The lowest BCUT2D eigenvalue weighted by Crippen LogP contribution is -2.30. The molecule has 1 amide bonds. The topological polar surface area (TPSA) is 72.5 Å². The Labute approximate surface area is 148 Å². The predicted molar refractivity (Wildman–Crippen MR) is 92.3 cm³/mol. The van der Waals surface area contributed by atoms with Gasteiger partial charge in [0, 0.05) is 24.1 Å². The highest BCUT2D eigenvalue weighted by Gasteiger charge is 2.12. The fourth-order valence-corrected chi connectivity index (χ4v) is 2.90. The molecule has 136 valence electrons. The Bertz CT molecular complexity index is 692. The van der Waals surface area contributed by atoms with E-state index in [9.17, 15) is 13.6 Å². The van der Waals surface area contributed by atoms with Gasteiger partial charge in [-0.25, -0.2) is 4.98 Å². The summed E-state index contributed by atoms with van der Waals surface area (Å²) in [4.78, 5) is 17.2. The van der Waals surface area contributed by atoms with E-state index in [4.69, 9.17) is 4.74 Å². The maximum absolute atomic E-state index is 12.2. The molecule has 0 saturated carbocycles. The number of benzene rings is 1. The molecule has 6 nitrogen and oxygen atoms in total. The van der Waals surface area contributed by atoms with Crippen LogP contribution >= 0.6 is 11.3 Å². The highest BCUT2D eigenvalue weighted by molar-refractivity contribution is 7.16. The van der Waals surface area contributed by atoms with Gasteiger partial charge in [0.25, 0.3) is 0 Å². The van der Waals surface area contributed by atoms with Gasteiger partial charge >= 0.3 is 6.61 Å². The number of nitrogens with zero attached hydrogens (tertiary/aromatic N) is 1. The van der Waals surface area contributed by atoms with E-state index in [1.165, 1.54) is 23.5 Å². The molecule has 0 bridgehead atoms.